The maximum atomic E-state index is 5.73. The lowest BCUT2D eigenvalue weighted by Gasteiger charge is -2.09. The highest BCUT2D eigenvalue weighted by atomic mass is 35.5. The van der Waals surface area contributed by atoms with Gasteiger partial charge < -0.3 is 15.0 Å². The van der Waals surface area contributed by atoms with Gasteiger partial charge in [-0.05, 0) is 42.3 Å². The van der Waals surface area contributed by atoms with Crippen molar-refractivity contribution in [3.8, 4) is 16.9 Å². The molecule has 1 aliphatic rings. The lowest BCUT2D eigenvalue weighted by Crippen LogP contribution is -2.16. The van der Waals surface area contributed by atoms with E-state index in [0.717, 1.165) is 42.3 Å². The molecule has 0 atom stereocenters. The van der Waals surface area contributed by atoms with Crippen LogP contribution in [-0.2, 0) is 6.54 Å². The normalized spacial score (nSPS) is 13.3. The maximum absolute atomic E-state index is 5.73. The molecule has 6 heteroatoms. The molecule has 0 spiro atoms. The van der Waals surface area contributed by atoms with Crippen LogP contribution in [0.4, 0.5) is 0 Å². The van der Waals surface area contributed by atoms with E-state index < -0.39 is 0 Å². The van der Waals surface area contributed by atoms with Gasteiger partial charge in [0.2, 0.25) is 0 Å². The van der Waals surface area contributed by atoms with Gasteiger partial charge in [0.1, 0.15) is 18.2 Å². The van der Waals surface area contributed by atoms with Crippen LogP contribution < -0.4 is 10.1 Å². The molecule has 2 aromatic carbocycles. The summed E-state index contributed by atoms with van der Waals surface area (Å²) < 4.78 is 5.73. The van der Waals surface area contributed by atoms with Gasteiger partial charge in [-0.25, -0.2) is 4.98 Å². The number of aromatic amines is 1. The van der Waals surface area contributed by atoms with Crippen LogP contribution in [0.15, 0.2) is 36.4 Å². The van der Waals surface area contributed by atoms with Crippen molar-refractivity contribution in [1.29, 1.82) is 0 Å². The van der Waals surface area contributed by atoms with Gasteiger partial charge in [0.15, 0.2) is 0 Å². The number of fused-ring (bicyclic) bond motifs is 2. The van der Waals surface area contributed by atoms with Crippen LogP contribution in [0.25, 0.3) is 22.2 Å². The van der Waals surface area contributed by atoms with Crippen LogP contribution in [0.2, 0.25) is 0 Å². The van der Waals surface area contributed by atoms with Gasteiger partial charge in [-0.15, -0.1) is 24.8 Å². The van der Waals surface area contributed by atoms with Crippen LogP contribution >= 0.6 is 24.8 Å². The number of aromatic nitrogens is 2. The Balaban J connectivity index is 0.000000960. The van der Waals surface area contributed by atoms with Crippen molar-refractivity contribution in [2.24, 2.45) is 0 Å². The summed E-state index contributed by atoms with van der Waals surface area (Å²) in [5, 5.41) is 3.37. The number of halogens is 2. The van der Waals surface area contributed by atoms with Crippen molar-refractivity contribution in [3.05, 3.63) is 47.8 Å². The van der Waals surface area contributed by atoms with Crippen molar-refractivity contribution >= 4 is 35.8 Å². The second-order valence-electron chi connectivity index (χ2n) is 5.40. The molecule has 0 unspecified atom stereocenters. The zero-order valence-corrected chi connectivity index (χ0v) is 14.4. The summed E-state index contributed by atoms with van der Waals surface area (Å²) in [4.78, 5) is 7.74. The molecule has 2 heterocycles. The van der Waals surface area contributed by atoms with Crippen molar-refractivity contribution in [3.63, 3.8) is 0 Å². The first-order valence-electron chi connectivity index (χ1n) is 7.23. The molecule has 0 saturated heterocycles. The molecule has 4 nitrogen and oxygen atoms in total. The Morgan fingerprint density at radius 1 is 1.04 bits per heavy atom. The van der Waals surface area contributed by atoms with E-state index in [1.807, 2.05) is 6.92 Å². The number of ether oxygens (including phenoxy) is 1. The van der Waals surface area contributed by atoms with Crippen molar-refractivity contribution in [1.82, 2.24) is 15.3 Å². The second kappa shape index (κ2) is 7.21. The lowest BCUT2D eigenvalue weighted by molar-refractivity contribution is 0.326. The van der Waals surface area contributed by atoms with Gasteiger partial charge in [0.05, 0.1) is 11.0 Å². The van der Waals surface area contributed by atoms with E-state index in [9.17, 15) is 0 Å². The average molecular weight is 352 g/mol. The van der Waals surface area contributed by atoms with E-state index in [1.54, 1.807) is 0 Å². The first kappa shape index (κ1) is 17.6. The fourth-order valence-corrected chi connectivity index (χ4v) is 2.81. The Labute approximate surface area is 147 Å². The number of hydrogen-bond donors (Lipinski definition) is 2. The molecular weight excluding hydrogens is 333 g/mol. The number of imidazole rings is 1. The molecule has 122 valence electrons. The smallest absolute Gasteiger partial charge is 0.123 e. The Bertz CT molecular complexity index is 817. The van der Waals surface area contributed by atoms with E-state index in [-0.39, 0.29) is 24.8 Å². The molecule has 1 aliphatic heterocycles. The van der Waals surface area contributed by atoms with Crippen LogP contribution in [0.5, 0.6) is 5.75 Å². The van der Waals surface area contributed by atoms with E-state index in [0.29, 0.717) is 0 Å². The summed E-state index contributed by atoms with van der Waals surface area (Å²) in [6.07, 6.45) is 0. The fourth-order valence-electron chi connectivity index (χ4n) is 2.81. The summed E-state index contributed by atoms with van der Waals surface area (Å²) in [5.74, 6) is 1.93. The van der Waals surface area contributed by atoms with Crippen LogP contribution in [-0.4, -0.2) is 23.1 Å². The number of H-pyrrole nitrogens is 1. The van der Waals surface area contributed by atoms with Gasteiger partial charge in [-0.2, -0.15) is 0 Å². The van der Waals surface area contributed by atoms with E-state index in [2.05, 4.69) is 51.7 Å². The second-order valence-corrected chi connectivity index (χ2v) is 5.40. The summed E-state index contributed by atoms with van der Waals surface area (Å²) in [5.41, 5.74) is 5.70. The first-order chi connectivity index (χ1) is 10.3. The first-order valence-corrected chi connectivity index (χ1v) is 7.23. The van der Waals surface area contributed by atoms with Crippen molar-refractivity contribution in [2.75, 3.05) is 13.2 Å². The van der Waals surface area contributed by atoms with Crippen molar-refractivity contribution < 1.29 is 4.74 Å². The standard InChI is InChI=1S/C17H17N3O.2ClH/c1-11-19-15-4-2-13(9-16(15)20-11)12-3-5-17-14(8-12)10-18-6-7-21-17;;/h2-5,8-9,18H,6-7,10H2,1H3,(H,19,20);2*1H. The quantitative estimate of drug-likeness (QED) is 0.699. The van der Waals surface area contributed by atoms with E-state index in [1.165, 1.54) is 16.7 Å². The number of hydrogen-bond acceptors (Lipinski definition) is 3. The zero-order valence-electron chi connectivity index (χ0n) is 12.8. The Hall–Kier alpha value is -1.75. The SMILES string of the molecule is Cc1nc2ccc(-c3ccc4c(c3)CNCCO4)cc2[nH]1.Cl.Cl. The van der Waals surface area contributed by atoms with Gasteiger partial charge in [0.25, 0.3) is 0 Å². The molecule has 4 rings (SSSR count). The monoisotopic (exact) mass is 351 g/mol. The lowest BCUT2D eigenvalue weighted by atomic mass is 10.0. The highest BCUT2D eigenvalue weighted by Crippen LogP contribution is 2.29. The van der Waals surface area contributed by atoms with Crippen LogP contribution in [0, 0.1) is 6.92 Å². The number of benzene rings is 2. The summed E-state index contributed by atoms with van der Waals surface area (Å²) in [6, 6.07) is 12.7. The molecule has 0 aliphatic carbocycles. The van der Waals surface area contributed by atoms with Gasteiger partial charge in [-0.3, -0.25) is 0 Å². The summed E-state index contributed by atoms with van der Waals surface area (Å²) in [6.45, 7) is 4.45. The third-order valence-corrected chi connectivity index (χ3v) is 3.85. The van der Waals surface area contributed by atoms with Crippen LogP contribution in [0.3, 0.4) is 0 Å². The molecule has 0 fully saturated rings. The predicted molar refractivity (Wildman–Crippen MR) is 98.0 cm³/mol. The molecule has 23 heavy (non-hydrogen) atoms. The molecule has 1 aromatic heterocycles. The average Bonchev–Trinajstić information content (AvgIpc) is 2.71. The minimum atomic E-state index is 0. The van der Waals surface area contributed by atoms with Crippen molar-refractivity contribution in [2.45, 2.75) is 13.5 Å². The Morgan fingerprint density at radius 2 is 1.83 bits per heavy atom. The highest BCUT2D eigenvalue weighted by molar-refractivity contribution is 5.85. The largest absolute Gasteiger partial charge is 0.492 e. The van der Waals surface area contributed by atoms with Gasteiger partial charge in [-0.1, -0.05) is 12.1 Å². The number of nitrogens with zero attached hydrogens (tertiary/aromatic N) is 1. The molecule has 2 N–H and O–H groups in total. The number of aryl methyl sites for hydroxylation is 1. The molecular formula is C17H19Cl2N3O. The molecule has 0 amide bonds. The van der Waals surface area contributed by atoms with E-state index >= 15 is 0 Å². The summed E-state index contributed by atoms with van der Waals surface area (Å²) in [7, 11) is 0. The molecule has 0 saturated carbocycles. The summed E-state index contributed by atoms with van der Waals surface area (Å²) >= 11 is 0. The van der Waals surface area contributed by atoms with Gasteiger partial charge >= 0.3 is 0 Å². The van der Waals surface area contributed by atoms with E-state index in [4.69, 9.17) is 4.74 Å². The maximum Gasteiger partial charge on any atom is 0.123 e. The molecule has 3 aromatic rings. The Kier molecular flexibility index (Phi) is 5.52. The van der Waals surface area contributed by atoms with Crippen LogP contribution in [0.1, 0.15) is 11.4 Å². The minimum absolute atomic E-state index is 0. The topological polar surface area (TPSA) is 49.9 Å². The molecule has 0 radical (unpaired) electrons. The Morgan fingerprint density at radius 3 is 2.70 bits per heavy atom. The predicted octanol–water partition coefficient (Wildman–Crippen LogP) is 3.86. The number of rotatable bonds is 1. The third-order valence-electron chi connectivity index (χ3n) is 3.85. The zero-order chi connectivity index (χ0) is 14.2. The third kappa shape index (κ3) is 3.44. The van der Waals surface area contributed by atoms with Gasteiger partial charge in [0, 0.05) is 18.7 Å². The fraction of sp³-hybridized carbons (Fsp3) is 0.235. The number of nitrogens with one attached hydrogen (secondary N) is 2. The highest BCUT2D eigenvalue weighted by Gasteiger charge is 2.10. The molecule has 0 bridgehead atoms. The minimum Gasteiger partial charge on any atom is -0.492 e.